The third-order valence-corrected chi connectivity index (χ3v) is 4.66. The number of rotatable bonds is 3. The van der Waals surface area contributed by atoms with Crippen LogP contribution in [-0.2, 0) is 0 Å². The third kappa shape index (κ3) is 2.75. The van der Waals surface area contributed by atoms with Crippen molar-refractivity contribution < 1.29 is 23.2 Å². The molecule has 0 radical (unpaired) electrons. The lowest BCUT2D eigenvalue weighted by Crippen LogP contribution is -2.30. The fraction of sp³-hybridized carbons (Fsp3) is 0.211. The summed E-state index contributed by atoms with van der Waals surface area (Å²) in [7, 11) is 2.91. The Balaban J connectivity index is 1.88. The Hall–Kier alpha value is -3.09. The molecule has 134 valence electrons. The van der Waals surface area contributed by atoms with Gasteiger partial charge in [0.1, 0.15) is 0 Å². The maximum Gasteiger partial charge on any atom is 0.261 e. The summed E-state index contributed by atoms with van der Waals surface area (Å²) >= 11 is 0. The summed E-state index contributed by atoms with van der Waals surface area (Å²) in [5.41, 5.74) is 1.10. The monoisotopic (exact) mass is 358 g/mol. The van der Waals surface area contributed by atoms with Crippen LogP contribution in [0.5, 0.6) is 0 Å². The normalized spacial score (nSPS) is 14.4. The minimum absolute atomic E-state index is 0.178. The topological polar surface area (TPSA) is 57.7 Å². The van der Waals surface area contributed by atoms with Crippen molar-refractivity contribution in [2.24, 2.45) is 0 Å². The predicted octanol–water partition coefficient (Wildman–Crippen LogP) is 3.02. The van der Waals surface area contributed by atoms with Gasteiger partial charge in [0.2, 0.25) is 0 Å². The highest BCUT2D eigenvalue weighted by molar-refractivity contribution is 6.21. The van der Waals surface area contributed by atoms with Gasteiger partial charge in [-0.15, -0.1) is 0 Å². The van der Waals surface area contributed by atoms with Gasteiger partial charge in [-0.05, 0) is 42.8 Å². The second kappa shape index (κ2) is 6.33. The van der Waals surface area contributed by atoms with Crippen LogP contribution < -0.4 is 0 Å². The van der Waals surface area contributed by atoms with Crippen LogP contribution >= 0.6 is 0 Å². The van der Waals surface area contributed by atoms with E-state index < -0.39 is 35.4 Å². The highest BCUT2D eigenvalue weighted by Crippen LogP contribution is 2.26. The van der Waals surface area contributed by atoms with Gasteiger partial charge in [-0.2, -0.15) is 0 Å². The minimum atomic E-state index is -0.986. The molecule has 1 heterocycles. The van der Waals surface area contributed by atoms with Crippen LogP contribution in [0.15, 0.2) is 36.4 Å². The van der Waals surface area contributed by atoms with Gasteiger partial charge in [-0.3, -0.25) is 19.3 Å². The molecule has 0 aromatic heterocycles. The molecule has 1 aliphatic heterocycles. The van der Waals surface area contributed by atoms with Crippen LogP contribution in [-0.4, -0.2) is 41.6 Å². The zero-order chi connectivity index (χ0) is 19.2. The summed E-state index contributed by atoms with van der Waals surface area (Å²) in [5, 5.41) is 0. The number of fused-ring (bicyclic) bond motifs is 1. The molecule has 3 amide bonds. The summed E-state index contributed by atoms with van der Waals surface area (Å²) < 4.78 is 26.5. The van der Waals surface area contributed by atoms with Gasteiger partial charge in [0.05, 0.1) is 17.2 Å². The highest BCUT2D eigenvalue weighted by atomic mass is 19.2. The summed E-state index contributed by atoms with van der Waals surface area (Å²) in [5.74, 6) is -3.22. The van der Waals surface area contributed by atoms with E-state index in [1.165, 1.54) is 43.3 Å². The zero-order valence-electron chi connectivity index (χ0n) is 14.4. The molecule has 0 fully saturated rings. The lowest BCUT2D eigenvalue weighted by molar-refractivity contribution is 0.0692. The van der Waals surface area contributed by atoms with E-state index in [-0.39, 0.29) is 16.7 Å². The number of carbonyl (C=O) groups excluding carboxylic acids is 3. The Morgan fingerprint density at radius 3 is 2.31 bits per heavy atom. The molecule has 1 atom stereocenters. The second-order valence-corrected chi connectivity index (χ2v) is 6.20. The molecule has 1 aliphatic rings. The lowest BCUT2D eigenvalue weighted by Gasteiger charge is -2.25. The summed E-state index contributed by atoms with van der Waals surface area (Å²) in [6.45, 7) is 1.68. The molecule has 26 heavy (non-hydrogen) atoms. The van der Waals surface area contributed by atoms with Crippen LogP contribution in [0.2, 0.25) is 0 Å². The lowest BCUT2D eigenvalue weighted by atomic mass is 10.0. The molecule has 5 nitrogen and oxygen atoms in total. The van der Waals surface area contributed by atoms with Crippen LogP contribution in [0.25, 0.3) is 0 Å². The molecule has 0 bridgehead atoms. The van der Waals surface area contributed by atoms with E-state index in [9.17, 15) is 23.2 Å². The SMILES string of the molecule is CC(c1ccc(F)c(F)c1)N(C)C(=O)c1ccc2c(c1)C(=O)N(C)C2=O. The van der Waals surface area contributed by atoms with E-state index >= 15 is 0 Å². The van der Waals surface area contributed by atoms with Crippen molar-refractivity contribution in [3.05, 3.63) is 70.3 Å². The Morgan fingerprint density at radius 2 is 1.65 bits per heavy atom. The summed E-state index contributed by atoms with van der Waals surface area (Å²) in [6.07, 6.45) is 0. The van der Waals surface area contributed by atoms with E-state index in [4.69, 9.17) is 0 Å². The Kier molecular flexibility index (Phi) is 4.31. The Bertz CT molecular complexity index is 942. The van der Waals surface area contributed by atoms with Gasteiger partial charge < -0.3 is 4.90 Å². The number of amides is 3. The van der Waals surface area contributed by atoms with Crippen molar-refractivity contribution in [3.63, 3.8) is 0 Å². The van der Waals surface area contributed by atoms with Crippen LogP contribution in [0, 0.1) is 11.6 Å². The fourth-order valence-electron chi connectivity index (χ4n) is 2.87. The Labute approximate surface area is 148 Å². The fourth-order valence-corrected chi connectivity index (χ4v) is 2.87. The second-order valence-electron chi connectivity index (χ2n) is 6.20. The predicted molar refractivity (Wildman–Crippen MR) is 89.7 cm³/mol. The first-order valence-corrected chi connectivity index (χ1v) is 7.91. The number of nitrogens with zero attached hydrogens (tertiary/aromatic N) is 2. The molecule has 7 heteroatoms. The number of benzene rings is 2. The van der Waals surface area contributed by atoms with Crippen molar-refractivity contribution in [2.75, 3.05) is 14.1 Å². The number of imide groups is 1. The maximum absolute atomic E-state index is 13.4. The number of hydrogen-bond acceptors (Lipinski definition) is 3. The first-order valence-electron chi connectivity index (χ1n) is 7.91. The van der Waals surface area contributed by atoms with Gasteiger partial charge in [0.25, 0.3) is 17.7 Å². The highest BCUT2D eigenvalue weighted by Gasteiger charge is 2.33. The smallest absolute Gasteiger partial charge is 0.261 e. The van der Waals surface area contributed by atoms with Crippen molar-refractivity contribution in [1.82, 2.24) is 9.80 Å². The van der Waals surface area contributed by atoms with Gasteiger partial charge in [-0.25, -0.2) is 8.78 Å². The number of halogens is 2. The molecular weight excluding hydrogens is 342 g/mol. The molecule has 0 aliphatic carbocycles. The van der Waals surface area contributed by atoms with Gasteiger partial charge in [0, 0.05) is 19.7 Å². The van der Waals surface area contributed by atoms with E-state index in [1.54, 1.807) is 6.92 Å². The average molecular weight is 358 g/mol. The van der Waals surface area contributed by atoms with Crippen LogP contribution in [0.1, 0.15) is 49.6 Å². The molecular formula is C19H16F2N2O3. The molecule has 1 unspecified atom stereocenters. The van der Waals surface area contributed by atoms with Crippen LogP contribution in [0.4, 0.5) is 8.78 Å². The van der Waals surface area contributed by atoms with Crippen molar-refractivity contribution in [2.45, 2.75) is 13.0 Å². The zero-order valence-corrected chi connectivity index (χ0v) is 14.4. The molecule has 3 rings (SSSR count). The van der Waals surface area contributed by atoms with Gasteiger partial charge in [0.15, 0.2) is 11.6 Å². The number of carbonyl (C=O) groups is 3. The molecule has 0 saturated carbocycles. The molecule has 2 aromatic rings. The summed E-state index contributed by atoms with van der Waals surface area (Å²) in [4.78, 5) is 39.1. The largest absolute Gasteiger partial charge is 0.335 e. The van der Waals surface area contributed by atoms with Crippen LogP contribution in [0.3, 0.4) is 0 Å². The van der Waals surface area contributed by atoms with E-state index in [0.717, 1.165) is 17.0 Å². The van der Waals surface area contributed by atoms with Crippen molar-refractivity contribution in [1.29, 1.82) is 0 Å². The minimum Gasteiger partial charge on any atom is -0.335 e. The first kappa shape index (κ1) is 17.7. The van der Waals surface area contributed by atoms with Crippen molar-refractivity contribution in [3.8, 4) is 0 Å². The van der Waals surface area contributed by atoms with Gasteiger partial charge in [-0.1, -0.05) is 6.07 Å². The Morgan fingerprint density at radius 1 is 1.00 bits per heavy atom. The maximum atomic E-state index is 13.4. The standard InChI is InChI=1S/C19H16F2N2O3/c1-10(11-5-7-15(20)16(21)9-11)22(2)17(24)12-4-6-13-14(8-12)19(26)23(3)18(13)25/h4-10H,1-3H3. The average Bonchev–Trinajstić information content (AvgIpc) is 2.86. The van der Waals surface area contributed by atoms with E-state index in [1.807, 2.05) is 0 Å². The molecule has 2 aromatic carbocycles. The summed E-state index contributed by atoms with van der Waals surface area (Å²) in [6, 6.07) is 7.25. The molecule has 0 N–H and O–H groups in total. The van der Waals surface area contributed by atoms with E-state index in [2.05, 4.69) is 0 Å². The molecule has 0 spiro atoms. The van der Waals surface area contributed by atoms with Crippen molar-refractivity contribution >= 4 is 17.7 Å². The van der Waals surface area contributed by atoms with Gasteiger partial charge >= 0.3 is 0 Å². The van der Waals surface area contributed by atoms with E-state index in [0.29, 0.717) is 5.56 Å². The number of hydrogen-bond donors (Lipinski definition) is 0. The molecule has 0 saturated heterocycles. The quantitative estimate of drug-likeness (QED) is 0.793. The first-order chi connectivity index (χ1) is 12.2. The third-order valence-electron chi connectivity index (χ3n) is 4.66.